The highest BCUT2D eigenvalue weighted by molar-refractivity contribution is 8.00. The summed E-state index contributed by atoms with van der Waals surface area (Å²) in [6.07, 6.45) is -0.424. The normalized spacial score (nSPS) is 22.9. The first-order valence-electron chi connectivity index (χ1n) is 7.45. The Hall–Kier alpha value is -2.48. The molecule has 2 aliphatic heterocycles. The molecule has 3 rings (SSSR count). The van der Waals surface area contributed by atoms with Gasteiger partial charge < -0.3 is 15.7 Å². The summed E-state index contributed by atoms with van der Waals surface area (Å²) >= 11 is 1.43. The summed E-state index contributed by atoms with van der Waals surface area (Å²) in [6, 6.07) is 8.77. The predicted molar refractivity (Wildman–Crippen MR) is 89.0 cm³/mol. The minimum absolute atomic E-state index is 0.00365. The monoisotopic (exact) mass is 347 g/mol. The van der Waals surface area contributed by atoms with Crippen LogP contribution in [-0.4, -0.2) is 45.2 Å². The Morgan fingerprint density at radius 1 is 1.38 bits per heavy atom. The molecule has 2 heterocycles. The zero-order chi connectivity index (χ0) is 17.3. The molecule has 0 radical (unpaired) electrons. The van der Waals surface area contributed by atoms with Gasteiger partial charge in [-0.1, -0.05) is 30.3 Å². The van der Waals surface area contributed by atoms with Crippen molar-refractivity contribution >= 4 is 29.7 Å². The minimum atomic E-state index is -1.13. The number of nitrogens with one attached hydrogen (secondary N) is 2. The zero-order valence-electron chi connectivity index (χ0n) is 13.0. The van der Waals surface area contributed by atoms with Gasteiger partial charge in [-0.25, -0.2) is 9.59 Å². The molecule has 3 N–H and O–H groups in total. The van der Waals surface area contributed by atoms with Crippen molar-refractivity contribution in [2.24, 2.45) is 0 Å². The van der Waals surface area contributed by atoms with Gasteiger partial charge in [-0.3, -0.25) is 9.69 Å². The third kappa shape index (κ3) is 3.09. The molecule has 1 fully saturated rings. The second-order valence-electron chi connectivity index (χ2n) is 5.66. The van der Waals surface area contributed by atoms with Gasteiger partial charge in [0, 0.05) is 5.75 Å². The van der Waals surface area contributed by atoms with Crippen LogP contribution in [0.3, 0.4) is 0 Å². The second-order valence-corrected chi connectivity index (χ2v) is 6.77. The number of carbonyl (C=O) groups excluding carboxylic acids is 2. The van der Waals surface area contributed by atoms with Crippen molar-refractivity contribution in [2.45, 2.75) is 24.9 Å². The maximum atomic E-state index is 12.2. The number of nitrogens with zero attached hydrogens (tertiary/aromatic N) is 1. The van der Waals surface area contributed by atoms with Gasteiger partial charge in [-0.2, -0.15) is 0 Å². The van der Waals surface area contributed by atoms with Crippen LogP contribution in [0.2, 0.25) is 0 Å². The van der Waals surface area contributed by atoms with Crippen LogP contribution in [0.4, 0.5) is 4.79 Å². The fraction of sp³-hybridized carbons (Fsp3) is 0.312. The van der Waals surface area contributed by atoms with Crippen molar-refractivity contribution in [1.29, 1.82) is 0 Å². The Morgan fingerprint density at radius 2 is 2.08 bits per heavy atom. The highest BCUT2D eigenvalue weighted by Crippen LogP contribution is 2.35. The van der Waals surface area contributed by atoms with Crippen molar-refractivity contribution < 1.29 is 19.5 Å². The Balaban J connectivity index is 1.72. The van der Waals surface area contributed by atoms with Gasteiger partial charge in [-0.05, 0) is 18.1 Å². The Labute approximate surface area is 143 Å². The number of fused-ring (bicyclic) bond motifs is 1. The molecule has 126 valence electrons. The topological polar surface area (TPSA) is 98.7 Å². The molecule has 8 heteroatoms. The fourth-order valence-electron chi connectivity index (χ4n) is 2.82. The molecule has 1 saturated heterocycles. The van der Waals surface area contributed by atoms with Crippen LogP contribution >= 0.6 is 11.8 Å². The van der Waals surface area contributed by atoms with Crippen molar-refractivity contribution in [3.8, 4) is 0 Å². The molecular formula is C16H17N3O4S. The van der Waals surface area contributed by atoms with Crippen LogP contribution in [0.5, 0.6) is 0 Å². The lowest BCUT2D eigenvalue weighted by Crippen LogP contribution is -2.49. The summed E-state index contributed by atoms with van der Waals surface area (Å²) in [5, 5.41) is 14.3. The third-order valence-electron chi connectivity index (χ3n) is 3.88. The molecule has 7 nitrogen and oxygen atoms in total. The van der Waals surface area contributed by atoms with Crippen molar-refractivity contribution in [2.75, 3.05) is 5.75 Å². The Kier molecular flexibility index (Phi) is 4.48. The van der Waals surface area contributed by atoms with Gasteiger partial charge >= 0.3 is 12.0 Å². The molecule has 1 unspecified atom stereocenters. The lowest BCUT2D eigenvalue weighted by atomic mass is 10.1. The molecule has 0 saturated carbocycles. The number of urea groups is 1. The van der Waals surface area contributed by atoms with E-state index < -0.39 is 23.5 Å². The number of thioether (sulfide) groups is 1. The smallest absolute Gasteiger partial charge is 0.352 e. The van der Waals surface area contributed by atoms with E-state index in [-0.39, 0.29) is 18.0 Å². The minimum Gasteiger partial charge on any atom is -0.477 e. The summed E-state index contributed by atoms with van der Waals surface area (Å²) in [5.74, 6) is -0.857. The van der Waals surface area contributed by atoms with E-state index in [0.29, 0.717) is 11.3 Å². The number of hydrogen-bond acceptors (Lipinski definition) is 4. The zero-order valence-corrected chi connectivity index (χ0v) is 13.8. The molecular weight excluding hydrogens is 330 g/mol. The van der Waals surface area contributed by atoms with E-state index in [4.69, 9.17) is 0 Å². The van der Waals surface area contributed by atoms with Gasteiger partial charge in [0.2, 0.25) is 5.91 Å². The molecule has 2 aliphatic rings. The average molecular weight is 347 g/mol. The van der Waals surface area contributed by atoms with Crippen LogP contribution in [-0.2, 0) is 16.0 Å². The van der Waals surface area contributed by atoms with Crippen LogP contribution < -0.4 is 10.6 Å². The Morgan fingerprint density at radius 3 is 2.75 bits per heavy atom. The number of aliphatic carboxylic acids is 1. The first-order valence-corrected chi connectivity index (χ1v) is 8.50. The average Bonchev–Trinajstić information content (AvgIpc) is 2.83. The lowest BCUT2D eigenvalue weighted by molar-refractivity contribution is -0.134. The summed E-state index contributed by atoms with van der Waals surface area (Å²) in [4.78, 5) is 37.1. The summed E-state index contributed by atoms with van der Waals surface area (Å²) in [5.41, 5.74) is 1.50. The highest BCUT2D eigenvalue weighted by atomic mass is 32.2. The fourth-order valence-corrected chi connectivity index (χ4v) is 4.06. The van der Waals surface area contributed by atoms with Gasteiger partial charge in [-0.15, -0.1) is 11.8 Å². The first kappa shape index (κ1) is 16.4. The number of benzene rings is 1. The summed E-state index contributed by atoms with van der Waals surface area (Å²) in [6.45, 7) is 1.70. The van der Waals surface area contributed by atoms with Crippen LogP contribution in [0.15, 0.2) is 41.6 Å². The van der Waals surface area contributed by atoms with E-state index in [1.54, 1.807) is 6.92 Å². The highest BCUT2D eigenvalue weighted by Gasteiger charge is 2.46. The quantitative estimate of drug-likeness (QED) is 0.758. The van der Waals surface area contributed by atoms with Gasteiger partial charge in [0.05, 0.1) is 6.42 Å². The molecule has 24 heavy (non-hydrogen) atoms. The van der Waals surface area contributed by atoms with Crippen molar-refractivity contribution in [1.82, 2.24) is 15.5 Å². The van der Waals surface area contributed by atoms with E-state index in [1.807, 2.05) is 30.3 Å². The SMILES string of the molecule is CC1=C(C(=O)O)N2C(=O)N[C@H](NC(=O)Cc3ccccc3)C2SC1. The van der Waals surface area contributed by atoms with Gasteiger partial charge in [0.25, 0.3) is 0 Å². The van der Waals surface area contributed by atoms with E-state index in [0.717, 1.165) is 5.56 Å². The number of amides is 3. The molecule has 2 atom stereocenters. The van der Waals surface area contributed by atoms with Crippen LogP contribution in [0, 0.1) is 0 Å². The van der Waals surface area contributed by atoms with Gasteiger partial charge in [0.15, 0.2) is 0 Å². The largest absolute Gasteiger partial charge is 0.477 e. The van der Waals surface area contributed by atoms with E-state index in [2.05, 4.69) is 10.6 Å². The predicted octanol–water partition coefficient (Wildman–Crippen LogP) is 1.13. The maximum absolute atomic E-state index is 12.2. The number of carbonyl (C=O) groups is 3. The number of carboxylic acids is 1. The summed E-state index contributed by atoms with van der Waals surface area (Å²) in [7, 11) is 0. The van der Waals surface area contributed by atoms with Crippen LogP contribution in [0.25, 0.3) is 0 Å². The van der Waals surface area contributed by atoms with E-state index in [9.17, 15) is 19.5 Å². The standard InChI is InChI=1S/C16H17N3O4S/c1-9-8-24-14-13(18-16(23)19(14)12(9)15(21)22)17-11(20)7-10-5-3-2-4-6-10/h2-6,13-14H,7-8H2,1H3,(H,17,20)(H,18,23)(H,21,22)/t13-,14?/m0/s1. The van der Waals surface area contributed by atoms with Crippen molar-refractivity contribution in [3.63, 3.8) is 0 Å². The molecule has 0 aliphatic carbocycles. The molecule has 0 spiro atoms. The number of hydrogen-bond donors (Lipinski definition) is 3. The molecule has 3 amide bonds. The molecule has 1 aromatic carbocycles. The van der Waals surface area contributed by atoms with Gasteiger partial charge in [0.1, 0.15) is 17.2 Å². The molecule has 1 aromatic rings. The molecule has 0 bridgehead atoms. The maximum Gasteiger partial charge on any atom is 0.352 e. The third-order valence-corrected chi connectivity index (χ3v) is 5.30. The van der Waals surface area contributed by atoms with Crippen molar-refractivity contribution in [3.05, 3.63) is 47.2 Å². The number of carboxylic acid groups (broad SMARTS) is 1. The molecule has 0 aromatic heterocycles. The first-order chi connectivity index (χ1) is 11.5. The number of rotatable bonds is 4. The summed E-state index contributed by atoms with van der Waals surface area (Å²) < 4.78 is 0. The second kappa shape index (κ2) is 6.56. The van der Waals surface area contributed by atoms with E-state index >= 15 is 0 Å². The Bertz CT molecular complexity index is 719. The van der Waals surface area contributed by atoms with E-state index in [1.165, 1.54) is 16.7 Å². The lowest BCUT2D eigenvalue weighted by Gasteiger charge is -2.31. The van der Waals surface area contributed by atoms with Crippen LogP contribution in [0.1, 0.15) is 12.5 Å².